The van der Waals surface area contributed by atoms with Gasteiger partial charge in [0.05, 0.1) is 50.2 Å². The van der Waals surface area contributed by atoms with Crippen molar-refractivity contribution in [2.75, 3.05) is 68.0 Å². The van der Waals surface area contributed by atoms with Gasteiger partial charge in [-0.1, -0.05) is 43.7 Å². The standard InChI is InChI=1S/C44H55FN6O11S/c1-4-36-28(3)7-10-38(54)46-13-5-6-27(2)20-30(52)22-31(53)23-40-48-34(26-60-40)42(56)50-14-11-37(41(50)43(57)62-36)63-19-12-39(55)47-24-32-25-51(44(58)61-32)29-8-9-35(33(45)21-29)49-15-17-59-18-16-49/h5-10,20-21,26,28,30,32,36-37,41,52H,4,11-19,22-25H2,1-3H3,(H,46,54)(H,47,55)/t28-,30-,32+,36-,37?,41?/m1/s1. The molecule has 1 aromatic heterocycles. The lowest BCUT2D eigenvalue weighted by Gasteiger charge is -2.29. The molecule has 2 aromatic rings. The fourth-order valence-electron chi connectivity index (χ4n) is 7.76. The average molecular weight is 895 g/mol. The summed E-state index contributed by atoms with van der Waals surface area (Å²) in [6.07, 6.45) is 6.47. The Morgan fingerprint density at radius 3 is 2.65 bits per heavy atom. The zero-order valence-electron chi connectivity index (χ0n) is 35.7. The number of hydrogen-bond acceptors (Lipinski definition) is 14. The number of benzene rings is 1. The van der Waals surface area contributed by atoms with Gasteiger partial charge in [0, 0.05) is 55.9 Å². The van der Waals surface area contributed by atoms with Crippen LogP contribution in [0, 0.1) is 11.7 Å². The Balaban J connectivity index is 1.07. The highest BCUT2D eigenvalue weighted by atomic mass is 32.2. The zero-order chi connectivity index (χ0) is 45.0. The van der Waals surface area contributed by atoms with Crippen LogP contribution in [-0.4, -0.2) is 138 Å². The number of halogens is 1. The number of fused-ring (bicyclic) bond motifs is 3. The Hall–Kier alpha value is -5.53. The molecule has 6 atom stereocenters. The summed E-state index contributed by atoms with van der Waals surface area (Å²) in [5, 5.41) is 15.5. The normalized spacial score (nSPS) is 25.6. The maximum atomic E-state index is 15.1. The number of oxazole rings is 1. The van der Waals surface area contributed by atoms with E-state index < -0.39 is 53.4 Å². The predicted octanol–water partition coefficient (Wildman–Crippen LogP) is 3.51. The number of Topliss-reactive ketones (excluding diaryl/α,β-unsaturated/α-hetero) is 1. The second kappa shape index (κ2) is 22.2. The van der Waals surface area contributed by atoms with Crippen LogP contribution in [-0.2, 0) is 39.8 Å². The van der Waals surface area contributed by atoms with Crippen molar-refractivity contribution in [2.24, 2.45) is 5.92 Å². The van der Waals surface area contributed by atoms with E-state index in [1.54, 1.807) is 37.3 Å². The van der Waals surface area contributed by atoms with Gasteiger partial charge in [0.25, 0.3) is 5.91 Å². The molecule has 2 unspecified atom stereocenters. The third-order valence-corrected chi connectivity index (χ3v) is 12.5. The van der Waals surface area contributed by atoms with E-state index in [0.717, 1.165) is 6.26 Å². The number of aliphatic hydroxyl groups excluding tert-OH is 1. The molecule has 0 radical (unpaired) electrons. The number of esters is 1. The minimum absolute atomic E-state index is 0.0145. The van der Waals surface area contributed by atoms with Crippen LogP contribution in [0.5, 0.6) is 0 Å². The lowest BCUT2D eigenvalue weighted by atomic mass is 10.0. The second-order valence-electron chi connectivity index (χ2n) is 15.8. The molecule has 0 aliphatic carbocycles. The number of thioether (sulfide) groups is 1. The highest BCUT2D eigenvalue weighted by Gasteiger charge is 2.45. The first-order valence-electron chi connectivity index (χ1n) is 21.2. The molecule has 1 aromatic carbocycles. The van der Waals surface area contributed by atoms with E-state index in [2.05, 4.69) is 15.6 Å². The smallest absolute Gasteiger partial charge is 0.414 e. The van der Waals surface area contributed by atoms with Crippen LogP contribution in [0.4, 0.5) is 20.6 Å². The van der Waals surface area contributed by atoms with Crippen LogP contribution >= 0.6 is 11.8 Å². The molecule has 2 bridgehead atoms. The highest BCUT2D eigenvalue weighted by Crippen LogP contribution is 2.33. The monoisotopic (exact) mass is 894 g/mol. The van der Waals surface area contributed by atoms with Crippen molar-refractivity contribution in [2.45, 2.75) is 82.5 Å². The van der Waals surface area contributed by atoms with Gasteiger partial charge in [0.2, 0.25) is 17.7 Å². The fourth-order valence-corrected chi connectivity index (χ4v) is 9.08. The Morgan fingerprint density at radius 2 is 1.89 bits per heavy atom. The number of ether oxygens (including phenoxy) is 3. The maximum absolute atomic E-state index is 15.1. The molecule has 17 nitrogen and oxygen atoms in total. The van der Waals surface area contributed by atoms with E-state index in [1.165, 1.54) is 39.8 Å². The van der Waals surface area contributed by atoms with Crippen molar-refractivity contribution in [3.63, 3.8) is 0 Å². The molecule has 4 aliphatic rings. The third-order valence-electron chi connectivity index (χ3n) is 11.1. The number of morpholine rings is 1. The van der Waals surface area contributed by atoms with E-state index in [9.17, 15) is 33.9 Å². The molecule has 19 heteroatoms. The van der Waals surface area contributed by atoms with Gasteiger partial charge < -0.3 is 44.2 Å². The van der Waals surface area contributed by atoms with Crippen molar-refractivity contribution in [3.8, 4) is 0 Å². The van der Waals surface area contributed by atoms with Crippen LogP contribution in [0.3, 0.4) is 0 Å². The Labute approximate surface area is 369 Å². The van der Waals surface area contributed by atoms with E-state index >= 15 is 4.39 Å². The van der Waals surface area contributed by atoms with Gasteiger partial charge in [0.15, 0.2) is 5.69 Å². The van der Waals surface area contributed by atoms with Crippen LogP contribution in [0.1, 0.15) is 62.8 Å². The number of anilines is 2. The number of allylic oxidation sites excluding steroid dienone is 2. The molecule has 4 aliphatic heterocycles. The van der Waals surface area contributed by atoms with Crippen LogP contribution in [0.2, 0.25) is 0 Å². The first-order valence-corrected chi connectivity index (χ1v) is 22.3. The summed E-state index contributed by atoms with van der Waals surface area (Å²) in [5.41, 5.74) is 1.36. The van der Waals surface area contributed by atoms with Crippen molar-refractivity contribution < 1.29 is 56.9 Å². The SMILES string of the molecule is CC[C@H]1OC(=O)C2C(SCCC(=O)NC[C@H]3CN(c4ccc(N5CCOCC5)c(F)c4)C(=O)O3)CCN2C(=O)c2coc(n2)CC(=O)C[C@H](O)C=C(C)C=CCNC(=O)C=C[C@H]1C. The summed E-state index contributed by atoms with van der Waals surface area (Å²) in [7, 11) is 0. The Morgan fingerprint density at radius 1 is 1.10 bits per heavy atom. The quantitative estimate of drug-likeness (QED) is 0.308. The van der Waals surface area contributed by atoms with Gasteiger partial charge in [-0.25, -0.2) is 19.0 Å². The number of aromatic nitrogens is 1. The number of nitrogens with zero attached hydrogens (tertiary/aromatic N) is 4. The molecule has 63 heavy (non-hydrogen) atoms. The lowest BCUT2D eigenvalue weighted by molar-refractivity contribution is -0.155. The molecule has 3 fully saturated rings. The number of ketones is 1. The minimum atomic E-state index is -1.08. The number of carbonyl (C=O) groups is 6. The molecular weight excluding hydrogens is 840 g/mol. The van der Waals surface area contributed by atoms with E-state index in [1.807, 2.05) is 18.7 Å². The van der Waals surface area contributed by atoms with E-state index in [0.29, 0.717) is 56.1 Å². The molecule has 3 N–H and O–H groups in total. The largest absolute Gasteiger partial charge is 0.460 e. The van der Waals surface area contributed by atoms with E-state index in [4.69, 9.17) is 18.6 Å². The second-order valence-corrected chi connectivity index (χ2v) is 17.2. The molecule has 340 valence electrons. The van der Waals surface area contributed by atoms with Gasteiger partial charge in [-0.05, 0) is 44.0 Å². The van der Waals surface area contributed by atoms with Crippen molar-refractivity contribution in [1.29, 1.82) is 0 Å². The summed E-state index contributed by atoms with van der Waals surface area (Å²) in [6, 6.07) is 3.53. The number of rotatable bonds is 9. The van der Waals surface area contributed by atoms with Crippen LogP contribution in [0.15, 0.2) is 64.8 Å². The molecule has 0 spiro atoms. The first kappa shape index (κ1) is 47.0. The zero-order valence-corrected chi connectivity index (χ0v) is 36.5. The third kappa shape index (κ3) is 12.8. The van der Waals surface area contributed by atoms with Crippen LogP contribution < -0.4 is 20.4 Å². The van der Waals surface area contributed by atoms with Gasteiger partial charge in [-0.3, -0.25) is 24.1 Å². The van der Waals surface area contributed by atoms with Gasteiger partial charge in [-0.2, -0.15) is 11.8 Å². The Bertz CT molecular complexity index is 2090. The average Bonchev–Trinajstić information content (AvgIpc) is 4.01. The van der Waals surface area contributed by atoms with Crippen LogP contribution in [0.25, 0.3) is 0 Å². The number of nitrogens with one attached hydrogen (secondary N) is 2. The fraction of sp³-hybridized carbons (Fsp3) is 0.523. The number of cyclic esters (lactones) is 2. The number of aliphatic hydroxyl groups is 1. The molecule has 3 saturated heterocycles. The summed E-state index contributed by atoms with van der Waals surface area (Å²) < 4.78 is 37.4. The molecule has 0 saturated carbocycles. The predicted molar refractivity (Wildman–Crippen MR) is 231 cm³/mol. The number of carbonyl (C=O) groups excluding carboxylic acids is 6. The summed E-state index contributed by atoms with van der Waals surface area (Å²) >= 11 is 1.34. The number of hydrogen-bond donors (Lipinski definition) is 3. The molecule has 5 heterocycles. The molecule has 6 rings (SSSR count). The summed E-state index contributed by atoms with van der Waals surface area (Å²) in [6.45, 7) is 8.09. The molecular formula is C44H55FN6O11S. The topological polar surface area (TPSA) is 210 Å². The number of amides is 4. The van der Waals surface area contributed by atoms with Crippen molar-refractivity contribution in [3.05, 3.63) is 77.8 Å². The van der Waals surface area contributed by atoms with Crippen molar-refractivity contribution >= 4 is 58.7 Å². The minimum Gasteiger partial charge on any atom is -0.460 e. The maximum Gasteiger partial charge on any atom is 0.414 e. The summed E-state index contributed by atoms with van der Waals surface area (Å²) in [4.78, 5) is 87.9. The van der Waals surface area contributed by atoms with Gasteiger partial charge >= 0.3 is 12.1 Å². The first-order chi connectivity index (χ1) is 30.3. The van der Waals surface area contributed by atoms with Crippen molar-refractivity contribution in [1.82, 2.24) is 20.5 Å². The highest BCUT2D eigenvalue weighted by molar-refractivity contribution is 8.00. The summed E-state index contributed by atoms with van der Waals surface area (Å²) in [5.74, 6) is -2.85. The lowest BCUT2D eigenvalue weighted by Crippen LogP contribution is -2.47. The van der Waals surface area contributed by atoms with Gasteiger partial charge in [0.1, 0.15) is 36.1 Å². The molecule has 4 amide bonds. The Kier molecular flexibility index (Phi) is 16.5. The van der Waals surface area contributed by atoms with E-state index in [-0.39, 0.29) is 86.3 Å². The van der Waals surface area contributed by atoms with Gasteiger partial charge in [-0.15, -0.1) is 0 Å².